The zero-order valence-electron chi connectivity index (χ0n) is 15.9. The van der Waals surface area contributed by atoms with E-state index in [9.17, 15) is 4.79 Å². The van der Waals surface area contributed by atoms with Gasteiger partial charge >= 0.3 is 0 Å². The number of nitrogens with zero attached hydrogens (tertiary/aromatic N) is 3. The van der Waals surface area contributed by atoms with Crippen molar-refractivity contribution in [2.45, 2.75) is 32.7 Å². The number of nitrogens with one attached hydrogen (secondary N) is 2. The quantitative estimate of drug-likeness (QED) is 0.493. The molecule has 4 rings (SSSR count). The first kappa shape index (κ1) is 18.4. The highest BCUT2D eigenvalue weighted by molar-refractivity contribution is 7.12. The number of fused-ring (bicyclic) bond motifs is 1. The SMILES string of the molecule is CC(C)C[C@@H](NC(=O)Cc1csc(-n2cccc2)n1)c1nc2ccccc2[nH]1. The Morgan fingerprint density at radius 1 is 1.18 bits per heavy atom. The number of aromatic amines is 1. The van der Waals surface area contributed by atoms with E-state index in [2.05, 4.69) is 34.1 Å². The topological polar surface area (TPSA) is 75.6 Å². The molecule has 1 atom stereocenters. The van der Waals surface area contributed by atoms with Crippen LogP contribution in [-0.4, -0.2) is 25.4 Å². The first-order valence-electron chi connectivity index (χ1n) is 9.40. The largest absolute Gasteiger partial charge is 0.346 e. The molecule has 1 amide bonds. The van der Waals surface area contributed by atoms with Crippen LogP contribution in [0.1, 0.15) is 37.8 Å². The van der Waals surface area contributed by atoms with Crippen LogP contribution in [0.15, 0.2) is 54.2 Å². The van der Waals surface area contributed by atoms with Gasteiger partial charge in [0, 0.05) is 17.8 Å². The number of imidazole rings is 1. The maximum atomic E-state index is 12.7. The van der Waals surface area contributed by atoms with Crippen LogP contribution in [0.5, 0.6) is 0 Å². The average molecular weight is 394 g/mol. The molecule has 0 saturated carbocycles. The van der Waals surface area contributed by atoms with Crippen molar-refractivity contribution in [2.24, 2.45) is 5.92 Å². The summed E-state index contributed by atoms with van der Waals surface area (Å²) in [5, 5.41) is 5.95. The number of benzene rings is 1. The summed E-state index contributed by atoms with van der Waals surface area (Å²) in [6.45, 7) is 4.29. The van der Waals surface area contributed by atoms with Gasteiger partial charge in [0.25, 0.3) is 0 Å². The number of carbonyl (C=O) groups is 1. The number of rotatable bonds is 7. The predicted molar refractivity (Wildman–Crippen MR) is 112 cm³/mol. The van der Waals surface area contributed by atoms with E-state index in [-0.39, 0.29) is 18.4 Å². The fourth-order valence-electron chi connectivity index (χ4n) is 3.22. The molecule has 2 N–H and O–H groups in total. The molecule has 4 aromatic rings. The summed E-state index contributed by atoms with van der Waals surface area (Å²) in [6.07, 6.45) is 4.97. The van der Waals surface area contributed by atoms with Crippen molar-refractivity contribution in [1.29, 1.82) is 0 Å². The fourth-order valence-corrected chi connectivity index (χ4v) is 4.01. The number of hydrogen-bond acceptors (Lipinski definition) is 4. The van der Waals surface area contributed by atoms with E-state index >= 15 is 0 Å². The number of hydrogen-bond donors (Lipinski definition) is 2. The zero-order chi connectivity index (χ0) is 19.5. The normalized spacial score (nSPS) is 12.5. The van der Waals surface area contributed by atoms with Crippen molar-refractivity contribution < 1.29 is 4.79 Å². The lowest BCUT2D eigenvalue weighted by Gasteiger charge is -2.18. The van der Waals surface area contributed by atoms with Gasteiger partial charge in [-0.15, -0.1) is 11.3 Å². The molecule has 3 aromatic heterocycles. The Morgan fingerprint density at radius 3 is 2.71 bits per heavy atom. The summed E-state index contributed by atoms with van der Waals surface area (Å²) in [7, 11) is 0. The highest BCUT2D eigenvalue weighted by Gasteiger charge is 2.20. The van der Waals surface area contributed by atoms with E-state index in [0.29, 0.717) is 5.92 Å². The molecule has 28 heavy (non-hydrogen) atoms. The van der Waals surface area contributed by atoms with Gasteiger partial charge in [0.2, 0.25) is 5.91 Å². The summed E-state index contributed by atoms with van der Waals surface area (Å²) in [6, 6.07) is 11.7. The van der Waals surface area contributed by atoms with Gasteiger partial charge in [0.1, 0.15) is 5.82 Å². The third kappa shape index (κ3) is 4.14. The first-order chi connectivity index (χ1) is 13.6. The summed E-state index contributed by atoms with van der Waals surface area (Å²) < 4.78 is 1.95. The Kier molecular flexibility index (Phi) is 5.25. The molecule has 6 nitrogen and oxygen atoms in total. The predicted octanol–water partition coefficient (Wildman–Crippen LogP) is 4.26. The Bertz CT molecular complexity index is 1030. The van der Waals surface area contributed by atoms with Crippen LogP contribution in [0.2, 0.25) is 0 Å². The number of thiazole rings is 1. The van der Waals surface area contributed by atoms with E-state index in [4.69, 9.17) is 0 Å². The monoisotopic (exact) mass is 393 g/mol. The standard InChI is InChI=1S/C21H23N5OS/c1-14(2)11-18(20-24-16-7-3-4-8-17(16)25-20)23-19(27)12-15-13-28-21(22-15)26-9-5-6-10-26/h3-10,13-14,18H,11-12H2,1-2H3,(H,23,27)(H,24,25)/t18-/m1/s1. The van der Waals surface area contributed by atoms with Crippen LogP contribution < -0.4 is 5.32 Å². The average Bonchev–Trinajstić information content (AvgIpc) is 3.40. The zero-order valence-corrected chi connectivity index (χ0v) is 16.7. The molecular weight excluding hydrogens is 370 g/mol. The molecule has 7 heteroatoms. The molecule has 0 radical (unpaired) electrons. The van der Waals surface area contributed by atoms with Crippen LogP contribution in [0, 0.1) is 5.92 Å². The maximum absolute atomic E-state index is 12.7. The van der Waals surface area contributed by atoms with Gasteiger partial charge in [-0.3, -0.25) is 4.79 Å². The second kappa shape index (κ2) is 7.98. The summed E-state index contributed by atoms with van der Waals surface area (Å²) in [4.78, 5) is 25.3. The van der Waals surface area contributed by atoms with E-state index in [1.54, 1.807) is 0 Å². The number of H-pyrrole nitrogens is 1. The molecule has 0 aliphatic rings. The lowest BCUT2D eigenvalue weighted by molar-refractivity contribution is -0.121. The Balaban J connectivity index is 1.48. The van der Waals surface area contributed by atoms with Gasteiger partial charge in [0.05, 0.1) is 29.2 Å². The molecule has 0 saturated heterocycles. The van der Waals surface area contributed by atoms with Gasteiger partial charge in [0.15, 0.2) is 5.13 Å². The number of para-hydroxylation sites is 2. The molecule has 0 aliphatic carbocycles. The second-order valence-corrected chi connectivity index (χ2v) is 8.11. The van der Waals surface area contributed by atoms with Crippen LogP contribution in [0.4, 0.5) is 0 Å². The molecule has 0 unspecified atom stereocenters. The van der Waals surface area contributed by atoms with Crippen molar-refractivity contribution >= 4 is 28.3 Å². The van der Waals surface area contributed by atoms with Gasteiger partial charge < -0.3 is 14.9 Å². The van der Waals surface area contributed by atoms with Crippen molar-refractivity contribution in [1.82, 2.24) is 24.8 Å². The molecule has 0 aliphatic heterocycles. The molecule has 144 valence electrons. The fraction of sp³-hybridized carbons (Fsp3) is 0.286. The van der Waals surface area contributed by atoms with Crippen molar-refractivity contribution in [3.63, 3.8) is 0 Å². The van der Waals surface area contributed by atoms with Crippen LogP contribution in [0.3, 0.4) is 0 Å². The highest BCUT2D eigenvalue weighted by Crippen LogP contribution is 2.22. The Morgan fingerprint density at radius 2 is 1.96 bits per heavy atom. The number of amides is 1. The summed E-state index contributed by atoms with van der Waals surface area (Å²) in [5.41, 5.74) is 2.67. The van der Waals surface area contributed by atoms with Crippen LogP contribution >= 0.6 is 11.3 Å². The minimum absolute atomic E-state index is 0.0459. The van der Waals surface area contributed by atoms with E-state index in [1.165, 1.54) is 11.3 Å². The minimum atomic E-state index is -0.151. The van der Waals surface area contributed by atoms with Crippen LogP contribution in [0.25, 0.3) is 16.2 Å². The minimum Gasteiger partial charge on any atom is -0.346 e. The van der Waals surface area contributed by atoms with Gasteiger partial charge in [-0.25, -0.2) is 9.97 Å². The first-order valence-corrected chi connectivity index (χ1v) is 10.3. The number of carbonyl (C=O) groups excluding carboxylic acids is 1. The van der Waals surface area contributed by atoms with Crippen LogP contribution in [-0.2, 0) is 11.2 Å². The van der Waals surface area contributed by atoms with E-state index in [0.717, 1.165) is 34.1 Å². The molecular formula is C21H23N5OS. The third-order valence-corrected chi connectivity index (χ3v) is 5.39. The van der Waals surface area contributed by atoms with Gasteiger partial charge in [-0.2, -0.15) is 0 Å². The maximum Gasteiger partial charge on any atom is 0.226 e. The van der Waals surface area contributed by atoms with Crippen molar-refractivity contribution in [3.05, 3.63) is 65.7 Å². The van der Waals surface area contributed by atoms with E-state index in [1.807, 2.05) is 58.7 Å². The number of aromatic nitrogens is 4. The second-order valence-electron chi connectivity index (χ2n) is 7.28. The third-order valence-electron chi connectivity index (χ3n) is 4.49. The molecule has 0 fully saturated rings. The molecule has 0 bridgehead atoms. The summed E-state index contributed by atoms with van der Waals surface area (Å²) in [5.74, 6) is 1.18. The molecule has 0 spiro atoms. The Labute approximate surface area is 167 Å². The smallest absolute Gasteiger partial charge is 0.226 e. The Hall–Kier alpha value is -2.93. The summed E-state index contributed by atoms with van der Waals surface area (Å²) >= 11 is 1.53. The molecule has 3 heterocycles. The van der Waals surface area contributed by atoms with Gasteiger partial charge in [-0.05, 0) is 36.6 Å². The highest BCUT2D eigenvalue weighted by atomic mass is 32.1. The molecule has 1 aromatic carbocycles. The van der Waals surface area contributed by atoms with Crippen molar-refractivity contribution in [2.75, 3.05) is 0 Å². The van der Waals surface area contributed by atoms with Crippen molar-refractivity contribution in [3.8, 4) is 5.13 Å². The lowest BCUT2D eigenvalue weighted by atomic mass is 10.0. The lowest BCUT2D eigenvalue weighted by Crippen LogP contribution is -2.31. The van der Waals surface area contributed by atoms with Gasteiger partial charge in [-0.1, -0.05) is 26.0 Å². The van der Waals surface area contributed by atoms with E-state index < -0.39 is 0 Å².